The van der Waals surface area contributed by atoms with Gasteiger partial charge in [-0.2, -0.15) is 13.2 Å². The topological polar surface area (TPSA) is 79.0 Å². The summed E-state index contributed by atoms with van der Waals surface area (Å²) in [5, 5.41) is 2.29. The van der Waals surface area contributed by atoms with Gasteiger partial charge < -0.3 is 9.64 Å². The highest BCUT2D eigenvalue weighted by atomic mass is 19.4. The Kier molecular flexibility index (Phi) is 6.46. The molecule has 10 heteroatoms. The molecule has 2 atom stereocenters. The zero-order valence-electron chi connectivity index (χ0n) is 19.5. The first-order valence-corrected chi connectivity index (χ1v) is 12.0. The quantitative estimate of drug-likeness (QED) is 0.613. The van der Waals surface area contributed by atoms with Crippen molar-refractivity contribution in [2.24, 2.45) is 0 Å². The highest BCUT2D eigenvalue weighted by Gasteiger charge is 2.45. The van der Waals surface area contributed by atoms with Gasteiger partial charge in [0.2, 0.25) is 11.8 Å². The van der Waals surface area contributed by atoms with Crippen LogP contribution in [0, 0.1) is 0 Å². The molecule has 0 aliphatic carbocycles. The summed E-state index contributed by atoms with van der Waals surface area (Å²) in [5.74, 6) is -0.542. The predicted octanol–water partition coefficient (Wildman–Crippen LogP) is 3.55. The van der Waals surface area contributed by atoms with Crippen LogP contribution in [-0.4, -0.2) is 52.3 Å². The zero-order chi connectivity index (χ0) is 25.4. The van der Waals surface area contributed by atoms with Crippen LogP contribution >= 0.6 is 0 Å². The first-order chi connectivity index (χ1) is 17.2. The third kappa shape index (κ3) is 4.82. The van der Waals surface area contributed by atoms with Gasteiger partial charge in [-0.05, 0) is 49.1 Å². The van der Waals surface area contributed by atoms with Crippen LogP contribution in [-0.2, 0) is 29.3 Å². The fourth-order valence-electron chi connectivity index (χ4n) is 5.21. The molecular weight excluding hydrogens is 475 g/mol. The van der Waals surface area contributed by atoms with Crippen molar-refractivity contribution in [3.05, 3.63) is 64.7 Å². The molecule has 3 amide bonds. The van der Waals surface area contributed by atoms with Gasteiger partial charge in [0.15, 0.2) is 0 Å². The van der Waals surface area contributed by atoms with E-state index in [1.54, 1.807) is 18.2 Å². The van der Waals surface area contributed by atoms with Crippen LogP contribution in [0.2, 0.25) is 0 Å². The molecule has 1 N–H and O–H groups in total. The largest absolute Gasteiger partial charge is 0.489 e. The number of piperidine rings is 1. The summed E-state index contributed by atoms with van der Waals surface area (Å²) >= 11 is 0. The van der Waals surface area contributed by atoms with Crippen LogP contribution in [0.3, 0.4) is 0 Å². The van der Waals surface area contributed by atoms with Gasteiger partial charge in [0.1, 0.15) is 24.4 Å². The number of benzene rings is 2. The van der Waals surface area contributed by atoms with Crippen molar-refractivity contribution in [1.82, 2.24) is 15.1 Å². The Bertz CT molecular complexity index is 1180. The number of amides is 3. The van der Waals surface area contributed by atoms with Gasteiger partial charge in [-0.15, -0.1) is 0 Å². The maximum absolute atomic E-state index is 13.2. The zero-order valence-corrected chi connectivity index (χ0v) is 19.5. The smallest absolute Gasteiger partial charge is 0.404 e. The molecule has 3 heterocycles. The van der Waals surface area contributed by atoms with Crippen LogP contribution in [0.25, 0.3) is 0 Å². The second-order valence-corrected chi connectivity index (χ2v) is 9.46. The van der Waals surface area contributed by atoms with E-state index in [1.807, 2.05) is 24.3 Å². The van der Waals surface area contributed by atoms with Gasteiger partial charge in [0.25, 0.3) is 5.91 Å². The van der Waals surface area contributed by atoms with E-state index >= 15 is 0 Å². The molecular formula is C26H26F3N3O4. The van der Waals surface area contributed by atoms with Gasteiger partial charge in [-0.3, -0.25) is 24.6 Å². The molecule has 2 aromatic carbocycles. The number of nitrogens with zero attached hydrogens (tertiary/aromatic N) is 2. The van der Waals surface area contributed by atoms with E-state index in [2.05, 4.69) is 5.32 Å². The lowest BCUT2D eigenvalue weighted by atomic mass is 10.0. The molecule has 2 fully saturated rings. The summed E-state index contributed by atoms with van der Waals surface area (Å²) in [4.78, 5) is 39.6. The highest BCUT2D eigenvalue weighted by molar-refractivity contribution is 6.05. The lowest BCUT2D eigenvalue weighted by molar-refractivity contribution is -0.177. The molecule has 36 heavy (non-hydrogen) atoms. The van der Waals surface area contributed by atoms with E-state index in [0.717, 1.165) is 11.1 Å². The number of likely N-dealkylation sites (tertiary alicyclic amines) is 1. The number of imide groups is 1. The Morgan fingerprint density at radius 3 is 2.47 bits per heavy atom. The molecule has 0 spiro atoms. The first kappa shape index (κ1) is 24.3. The molecule has 2 saturated heterocycles. The van der Waals surface area contributed by atoms with Crippen LogP contribution in [0.4, 0.5) is 13.2 Å². The number of ether oxygens (including phenoxy) is 1. The second kappa shape index (κ2) is 9.57. The van der Waals surface area contributed by atoms with Gasteiger partial charge >= 0.3 is 6.18 Å². The van der Waals surface area contributed by atoms with Gasteiger partial charge in [0.05, 0.1) is 6.54 Å². The Morgan fingerprint density at radius 1 is 1.00 bits per heavy atom. The monoisotopic (exact) mass is 501 g/mol. The normalized spacial score (nSPS) is 22.6. The first-order valence-electron chi connectivity index (χ1n) is 12.0. The Labute approximate surface area is 206 Å². The van der Waals surface area contributed by atoms with Gasteiger partial charge in [-0.1, -0.05) is 30.3 Å². The molecule has 5 rings (SSSR count). The summed E-state index contributed by atoms with van der Waals surface area (Å²) in [5.41, 5.74) is 2.81. The molecule has 0 saturated carbocycles. The molecule has 2 aromatic rings. The number of hydrogen-bond donors (Lipinski definition) is 1. The molecule has 2 unspecified atom stereocenters. The molecule has 7 nitrogen and oxygen atoms in total. The maximum atomic E-state index is 13.2. The summed E-state index contributed by atoms with van der Waals surface area (Å²) < 4.78 is 45.6. The van der Waals surface area contributed by atoms with Crippen molar-refractivity contribution >= 4 is 17.7 Å². The summed E-state index contributed by atoms with van der Waals surface area (Å²) in [6, 6.07) is 10.4. The minimum Gasteiger partial charge on any atom is -0.489 e. The number of hydrogen-bond acceptors (Lipinski definition) is 5. The van der Waals surface area contributed by atoms with Crippen molar-refractivity contribution in [3.8, 4) is 5.75 Å². The van der Waals surface area contributed by atoms with E-state index in [1.165, 1.54) is 9.80 Å². The number of fused-ring (bicyclic) bond motifs is 1. The van der Waals surface area contributed by atoms with E-state index in [9.17, 15) is 27.6 Å². The number of rotatable bonds is 6. The van der Waals surface area contributed by atoms with Crippen LogP contribution in [0.15, 0.2) is 42.5 Å². The molecule has 0 radical (unpaired) electrons. The average Bonchev–Trinajstić information content (AvgIpc) is 3.44. The number of halogens is 3. The molecule has 0 aromatic heterocycles. The predicted molar refractivity (Wildman–Crippen MR) is 123 cm³/mol. The van der Waals surface area contributed by atoms with Crippen molar-refractivity contribution in [1.29, 1.82) is 0 Å². The molecule has 0 bridgehead atoms. The lowest BCUT2D eigenvalue weighted by Gasteiger charge is -2.29. The van der Waals surface area contributed by atoms with Crippen molar-refractivity contribution in [2.45, 2.75) is 63.6 Å². The van der Waals surface area contributed by atoms with E-state index in [4.69, 9.17) is 4.74 Å². The molecule has 190 valence electrons. The van der Waals surface area contributed by atoms with Gasteiger partial charge in [0, 0.05) is 24.1 Å². The number of carbonyl (C=O) groups is 3. The van der Waals surface area contributed by atoms with Crippen LogP contribution in [0.5, 0.6) is 5.75 Å². The van der Waals surface area contributed by atoms with Crippen molar-refractivity contribution in [3.63, 3.8) is 0 Å². The van der Waals surface area contributed by atoms with Crippen molar-refractivity contribution in [2.75, 3.05) is 6.54 Å². The Hall–Kier alpha value is -3.40. The van der Waals surface area contributed by atoms with Gasteiger partial charge in [-0.25, -0.2) is 0 Å². The summed E-state index contributed by atoms with van der Waals surface area (Å²) in [6.45, 7) is 1.11. The fraction of sp³-hybridized carbons (Fsp3) is 0.423. The van der Waals surface area contributed by atoms with E-state index in [0.29, 0.717) is 29.8 Å². The minimum absolute atomic E-state index is 0.139. The highest BCUT2D eigenvalue weighted by Crippen LogP contribution is 2.35. The standard InChI is InChI=1S/C26H26F3N3O4/c27-26(28,29)22-5-2-12-31(22)13-16-6-8-17(9-7-16)15-36-21-4-1-3-18-19(21)14-32(25(18)35)20-10-11-23(33)30-24(20)34/h1,3-4,6-9,20,22H,2,5,10-15H2,(H,30,33,34). The fourth-order valence-corrected chi connectivity index (χ4v) is 5.21. The lowest BCUT2D eigenvalue weighted by Crippen LogP contribution is -2.52. The molecule has 3 aliphatic rings. The Morgan fingerprint density at radius 2 is 1.75 bits per heavy atom. The summed E-state index contributed by atoms with van der Waals surface area (Å²) in [7, 11) is 0. The second-order valence-electron chi connectivity index (χ2n) is 9.46. The van der Waals surface area contributed by atoms with E-state index in [-0.39, 0.29) is 50.8 Å². The third-order valence-electron chi connectivity index (χ3n) is 7.08. The molecule has 3 aliphatic heterocycles. The van der Waals surface area contributed by atoms with Crippen LogP contribution in [0.1, 0.15) is 52.7 Å². The summed E-state index contributed by atoms with van der Waals surface area (Å²) in [6.07, 6.45) is -3.06. The Balaban J connectivity index is 1.22. The number of carbonyl (C=O) groups excluding carboxylic acids is 3. The van der Waals surface area contributed by atoms with E-state index < -0.39 is 24.2 Å². The SMILES string of the molecule is O=C1CCC(N2Cc3c(OCc4ccc(CN5CCCC5C(F)(F)F)cc4)cccc3C2=O)C(=O)N1. The number of alkyl halides is 3. The van der Waals surface area contributed by atoms with Crippen LogP contribution < -0.4 is 10.1 Å². The number of nitrogens with one attached hydrogen (secondary N) is 1. The maximum Gasteiger partial charge on any atom is 0.404 e. The average molecular weight is 502 g/mol. The third-order valence-corrected chi connectivity index (χ3v) is 7.08. The van der Waals surface area contributed by atoms with Crippen molar-refractivity contribution < 1.29 is 32.3 Å². The minimum atomic E-state index is -4.21.